The van der Waals surface area contributed by atoms with E-state index in [-0.39, 0.29) is 5.69 Å². The summed E-state index contributed by atoms with van der Waals surface area (Å²) in [6, 6.07) is 0. The van der Waals surface area contributed by atoms with Crippen molar-refractivity contribution in [1.82, 2.24) is 24.8 Å². The van der Waals surface area contributed by atoms with E-state index in [2.05, 4.69) is 20.3 Å². The van der Waals surface area contributed by atoms with Gasteiger partial charge in [0.1, 0.15) is 5.82 Å². The van der Waals surface area contributed by atoms with E-state index in [0.29, 0.717) is 23.9 Å². The molecule has 0 atom stereocenters. The Labute approximate surface area is 91.5 Å². The van der Waals surface area contributed by atoms with E-state index in [9.17, 15) is 4.79 Å². The lowest BCUT2D eigenvalue weighted by atomic mass is 10.3. The Morgan fingerprint density at radius 2 is 2.12 bits per heavy atom. The Balaban J connectivity index is 2.55. The van der Waals surface area contributed by atoms with Gasteiger partial charge in [-0.3, -0.25) is 0 Å². The number of rotatable bonds is 2. The van der Waals surface area contributed by atoms with E-state index in [4.69, 9.17) is 4.74 Å². The second kappa shape index (κ2) is 3.84. The van der Waals surface area contributed by atoms with Gasteiger partial charge < -0.3 is 4.74 Å². The highest BCUT2D eigenvalue weighted by Crippen LogP contribution is 2.06. The van der Waals surface area contributed by atoms with Gasteiger partial charge in [0.25, 0.3) is 5.78 Å². The molecule has 2 rings (SSSR count). The number of carbonyl (C=O) groups is 1. The molecule has 0 fully saturated rings. The molecule has 2 heterocycles. The Kier molecular flexibility index (Phi) is 2.51. The van der Waals surface area contributed by atoms with E-state index >= 15 is 0 Å². The maximum absolute atomic E-state index is 11.5. The third kappa shape index (κ3) is 1.60. The topological polar surface area (TPSA) is 82.3 Å². The molecule has 0 amide bonds. The van der Waals surface area contributed by atoms with Crippen LogP contribution in [0.2, 0.25) is 0 Å². The van der Waals surface area contributed by atoms with Gasteiger partial charge in [-0.15, -0.1) is 15.3 Å². The first-order chi connectivity index (χ1) is 7.63. The molecule has 2 aromatic heterocycles. The van der Waals surface area contributed by atoms with Gasteiger partial charge in [-0.05, 0) is 20.8 Å². The number of nitrogens with zero attached hydrogens (tertiary/aromatic N) is 5. The number of aromatic nitrogens is 5. The number of fused-ring (bicyclic) bond motifs is 1. The SMILES string of the molecule is CCOC(=O)c1nnc2nc(C)nn2c1C. The van der Waals surface area contributed by atoms with Crippen molar-refractivity contribution in [3.05, 3.63) is 17.2 Å². The summed E-state index contributed by atoms with van der Waals surface area (Å²) in [5.41, 5.74) is 0.739. The predicted octanol–water partition coefficient (Wildman–Crippen LogP) is 0.313. The van der Waals surface area contributed by atoms with Crippen LogP contribution in [-0.2, 0) is 4.74 Å². The third-order valence-electron chi connectivity index (χ3n) is 2.06. The number of esters is 1. The molecular formula is C9H11N5O2. The highest BCUT2D eigenvalue weighted by Gasteiger charge is 2.17. The molecule has 0 aliphatic heterocycles. The van der Waals surface area contributed by atoms with E-state index in [0.717, 1.165) is 0 Å². The molecule has 84 valence electrons. The van der Waals surface area contributed by atoms with Gasteiger partial charge in [0.15, 0.2) is 5.69 Å². The van der Waals surface area contributed by atoms with Crippen LogP contribution < -0.4 is 0 Å². The molecular weight excluding hydrogens is 210 g/mol. The van der Waals surface area contributed by atoms with E-state index in [1.807, 2.05) is 0 Å². The molecule has 7 heteroatoms. The lowest BCUT2D eigenvalue weighted by Crippen LogP contribution is -2.14. The van der Waals surface area contributed by atoms with Crippen LogP contribution in [0.25, 0.3) is 5.78 Å². The van der Waals surface area contributed by atoms with Crippen LogP contribution in [0.5, 0.6) is 0 Å². The summed E-state index contributed by atoms with van der Waals surface area (Å²) in [6.07, 6.45) is 0. The van der Waals surface area contributed by atoms with Gasteiger partial charge in [-0.25, -0.2) is 4.79 Å². The maximum Gasteiger partial charge on any atom is 0.360 e. The van der Waals surface area contributed by atoms with Crippen LogP contribution in [0.3, 0.4) is 0 Å². The third-order valence-corrected chi connectivity index (χ3v) is 2.06. The second-order valence-electron chi connectivity index (χ2n) is 3.23. The lowest BCUT2D eigenvalue weighted by molar-refractivity contribution is 0.0516. The van der Waals surface area contributed by atoms with Crippen molar-refractivity contribution >= 4 is 11.7 Å². The first-order valence-electron chi connectivity index (χ1n) is 4.87. The zero-order chi connectivity index (χ0) is 11.7. The Morgan fingerprint density at radius 3 is 2.81 bits per heavy atom. The summed E-state index contributed by atoms with van der Waals surface area (Å²) in [7, 11) is 0. The summed E-state index contributed by atoms with van der Waals surface area (Å²) in [5, 5.41) is 11.7. The van der Waals surface area contributed by atoms with Crippen LogP contribution in [0.15, 0.2) is 0 Å². The van der Waals surface area contributed by atoms with Crippen molar-refractivity contribution in [2.75, 3.05) is 6.61 Å². The molecule has 0 aliphatic rings. The van der Waals surface area contributed by atoms with Crippen LogP contribution in [0.1, 0.15) is 28.9 Å². The number of carbonyl (C=O) groups excluding carboxylic acids is 1. The molecule has 2 aromatic rings. The molecule has 0 N–H and O–H groups in total. The molecule has 0 saturated carbocycles. The largest absolute Gasteiger partial charge is 0.461 e. The van der Waals surface area contributed by atoms with Gasteiger partial charge in [0.05, 0.1) is 12.3 Å². The lowest BCUT2D eigenvalue weighted by Gasteiger charge is -2.03. The smallest absolute Gasteiger partial charge is 0.360 e. The fourth-order valence-corrected chi connectivity index (χ4v) is 1.35. The van der Waals surface area contributed by atoms with E-state index in [1.54, 1.807) is 20.8 Å². The normalized spacial score (nSPS) is 10.7. The Bertz CT molecular complexity index is 548. The van der Waals surface area contributed by atoms with Gasteiger partial charge in [-0.1, -0.05) is 0 Å². The van der Waals surface area contributed by atoms with Gasteiger partial charge in [0, 0.05) is 0 Å². The van der Waals surface area contributed by atoms with Gasteiger partial charge in [-0.2, -0.15) is 9.50 Å². The Hall–Kier alpha value is -2.05. The maximum atomic E-state index is 11.5. The minimum atomic E-state index is -0.498. The second-order valence-corrected chi connectivity index (χ2v) is 3.23. The summed E-state index contributed by atoms with van der Waals surface area (Å²) < 4.78 is 6.34. The molecule has 0 saturated heterocycles. The quantitative estimate of drug-likeness (QED) is 0.679. The van der Waals surface area contributed by atoms with Gasteiger partial charge in [0.2, 0.25) is 0 Å². The van der Waals surface area contributed by atoms with E-state index in [1.165, 1.54) is 4.52 Å². The van der Waals surface area contributed by atoms with Gasteiger partial charge >= 0.3 is 5.97 Å². The molecule has 0 unspecified atom stereocenters. The summed E-state index contributed by atoms with van der Waals surface area (Å²) in [4.78, 5) is 15.6. The van der Waals surface area contributed by atoms with Crippen molar-refractivity contribution in [3.8, 4) is 0 Å². The molecule has 16 heavy (non-hydrogen) atoms. The molecule has 0 spiro atoms. The van der Waals surface area contributed by atoms with Crippen LogP contribution in [0, 0.1) is 13.8 Å². The first kappa shape index (κ1) is 10.5. The summed E-state index contributed by atoms with van der Waals surface area (Å²) >= 11 is 0. The molecule has 0 bridgehead atoms. The monoisotopic (exact) mass is 221 g/mol. The highest BCUT2D eigenvalue weighted by molar-refractivity contribution is 5.88. The van der Waals surface area contributed by atoms with Crippen LogP contribution >= 0.6 is 0 Å². The Morgan fingerprint density at radius 1 is 1.38 bits per heavy atom. The van der Waals surface area contributed by atoms with E-state index < -0.39 is 5.97 Å². The standard InChI is InChI=1S/C9H11N5O2/c1-4-16-8(15)7-5(2)14-9(12-11-7)10-6(3)13-14/h4H2,1-3H3. The average Bonchev–Trinajstić information content (AvgIpc) is 2.60. The van der Waals surface area contributed by atoms with Crippen molar-refractivity contribution < 1.29 is 9.53 Å². The van der Waals surface area contributed by atoms with Crippen LogP contribution in [0.4, 0.5) is 0 Å². The van der Waals surface area contributed by atoms with Crippen molar-refractivity contribution in [2.45, 2.75) is 20.8 Å². The number of ether oxygens (including phenoxy) is 1. The number of hydrogen-bond donors (Lipinski definition) is 0. The number of aryl methyl sites for hydroxylation is 2. The molecule has 0 aliphatic carbocycles. The fourth-order valence-electron chi connectivity index (χ4n) is 1.35. The minimum Gasteiger partial charge on any atom is -0.461 e. The van der Waals surface area contributed by atoms with Crippen LogP contribution in [-0.4, -0.2) is 37.4 Å². The fraction of sp³-hybridized carbons (Fsp3) is 0.444. The minimum absolute atomic E-state index is 0.166. The average molecular weight is 221 g/mol. The molecule has 7 nitrogen and oxygen atoms in total. The highest BCUT2D eigenvalue weighted by atomic mass is 16.5. The molecule has 0 aromatic carbocycles. The first-order valence-corrected chi connectivity index (χ1v) is 4.87. The van der Waals surface area contributed by atoms with Crippen molar-refractivity contribution in [3.63, 3.8) is 0 Å². The van der Waals surface area contributed by atoms with Crippen molar-refractivity contribution in [2.24, 2.45) is 0 Å². The zero-order valence-electron chi connectivity index (χ0n) is 9.26. The predicted molar refractivity (Wildman–Crippen MR) is 54.0 cm³/mol. The van der Waals surface area contributed by atoms with Crippen molar-refractivity contribution in [1.29, 1.82) is 0 Å². The summed E-state index contributed by atoms with van der Waals surface area (Å²) in [6.45, 7) is 5.51. The zero-order valence-corrected chi connectivity index (χ0v) is 9.26. The number of hydrogen-bond acceptors (Lipinski definition) is 6. The summed E-state index contributed by atoms with van der Waals surface area (Å²) in [5.74, 6) is 0.462. The molecule has 0 radical (unpaired) electrons.